The van der Waals surface area contributed by atoms with Crippen molar-refractivity contribution in [3.05, 3.63) is 0 Å². The molecule has 0 aliphatic carbocycles. The Hall–Kier alpha value is -1.34. The fraction of sp³-hybridized carbons (Fsp3) is 0.857. The standard InChI is InChI=1S/C14H24F4N2O2/c1-6-9(2)7-20(11(4)10(3)19-8-21)12(22)14(17,18)13(5,15)16/h8-11H,6-7H2,1-5H3,(H,19,21)/t9?,10-,11?/m0/s1. The third-order valence-electron chi connectivity index (χ3n) is 3.83. The van der Waals surface area contributed by atoms with Crippen LogP contribution < -0.4 is 5.32 Å². The largest absolute Gasteiger partial charge is 0.386 e. The summed E-state index contributed by atoms with van der Waals surface area (Å²) in [5.74, 6) is -11.3. The van der Waals surface area contributed by atoms with Gasteiger partial charge in [0.05, 0.1) is 0 Å². The van der Waals surface area contributed by atoms with E-state index >= 15 is 0 Å². The molecule has 2 amide bonds. The van der Waals surface area contributed by atoms with Crippen LogP contribution in [0.15, 0.2) is 0 Å². The first kappa shape index (κ1) is 20.7. The van der Waals surface area contributed by atoms with Crippen molar-refractivity contribution in [2.45, 2.75) is 65.0 Å². The normalized spacial score (nSPS) is 16.6. The van der Waals surface area contributed by atoms with Crippen LogP contribution in [0.5, 0.6) is 0 Å². The van der Waals surface area contributed by atoms with Crippen LogP contribution in [0.1, 0.15) is 41.0 Å². The highest BCUT2D eigenvalue weighted by molar-refractivity contribution is 5.85. The predicted molar refractivity (Wildman–Crippen MR) is 74.9 cm³/mol. The van der Waals surface area contributed by atoms with Crippen molar-refractivity contribution in [1.82, 2.24) is 10.2 Å². The van der Waals surface area contributed by atoms with E-state index in [1.54, 1.807) is 13.8 Å². The zero-order valence-electron chi connectivity index (χ0n) is 13.5. The smallest absolute Gasteiger partial charge is 0.354 e. The number of hydrogen-bond acceptors (Lipinski definition) is 2. The number of halogens is 4. The van der Waals surface area contributed by atoms with Gasteiger partial charge in [-0.05, 0) is 19.8 Å². The molecular weight excluding hydrogens is 304 g/mol. The van der Waals surface area contributed by atoms with E-state index in [2.05, 4.69) is 5.32 Å². The number of alkyl halides is 4. The minimum atomic E-state index is -4.80. The Labute approximate surface area is 128 Å². The van der Waals surface area contributed by atoms with Gasteiger partial charge in [-0.15, -0.1) is 0 Å². The van der Waals surface area contributed by atoms with Gasteiger partial charge in [0.25, 0.3) is 5.91 Å². The fourth-order valence-corrected chi connectivity index (χ4v) is 1.78. The second-order valence-corrected chi connectivity index (χ2v) is 5.75. The molecule has 0 saturated carbocycles. The number of carbonyl (C=O) groups excluding carboxylic acids is 2. The van der Waals surface area contributed by atoms with Gasteiger partial charge in [-0.2, -0.15) is 17.6 Å². The van der Waals surface area contributed by atoms with Gasteiger partial charge in [-0.3, -0.25) is 9.59 Å². The minimum Gasteiger partial charge on any atom is -0.354 e. The van der Waals surface area contributed by atoms with Crippen LogP contribution in [-0.4, -0.2) is 47.7 Å². The Kier molecular flexibility index (Phi) is 7.31. The van der Waals surface area contributed by atoms with Gasteiger partial charge in [0, 0.05) is 25.6 Å². The van der Waals surface area contributed by atoms with E-state index in [0.29, 0.717) is 12.8 Å². The maximum Gasteiger partial charge on any atom is 0.386 e. The van der Waals surface area contributed by atoms with Crippen LogP contribution in [0.25, 0.3) is 0 Å². The number of nitrogens with zero attached hydrogens (tertiary/aromatic N) is 1. The lowest BCUT2D eigenvalue weighted by Gasteiger charge is -2.37. The highest BCUT2D eigenvalue weighted by Gasteiger charge is 2.60. The molecular formula is C14H24F4N2O2. The summed E-state index contributed by atoms with van der Waals surface area (Å²) in [6.45, 7) is 6.41. The Morgan fingerprint density at radius 2 is 1.73 bits per heavy atom. The second-order valence-electron chi connectivity index (χ2n) is 5.75. The maximum absolute atomic E-state index is 13.7. The second kappa shape index (κ2) is 7.78. The van der Waals surface area contributed by atoms with Crippen molar-refractivity contribution < 1.29 is 27.2 Å². The molecule has 0 aromatic carbocycles. The summed E-state index contributed by atoms with van der Waals surface area (Å²) in [7, 11) is 0. The Balaban J connectivity index is 5.48. The molecule has 4 nitrogen and oxygen atoms in total. The fourth-order valence-electron chi connectivity index (χ4n) is 1.78. The molecule has 22 heavy (non-hydrogen) atoms. The quantitative estimate of drug-likeness (QED) is 0.522. The van der Waals surface area contributed by atoms with E-state index in [9.17, 15) is 27.2 Å². The van der Waals surface area contributed by atoms with Gasteiger partial charge in [0.15, 0.2) is 0 Å². The third-order valence-corrected chi connectivity index (χ3v) is 3.83. The molecule has 0 heterocycles. The molecule has 0 rings (SSSR count). The van der Waals surface area contributed by atoms with E-state index < -0.39 is 29.8 Å². The molecule has 3 atom stereocenters. The monoisotopic (exact) mass is 328 g/mol. The molecule has 1 N–H and O–H groups in total. The summed E-state index contributed by atoms with van der Waals surface area (Å²) in [5, 5.41) is 2.36. The van der Waals surface area contributed by atoms with Gasteiger partial charge in [0.1, 0.15) is 0 Å². The van der Waals surface area contributed by atoms with Crippen molar-refractivity contribution in [1.29, 1.82) is 0 Å². The van der Waals surface area contributed by atoms with Gasteiger partial charge < -0.3 is 10.2 Å². The first-order valence-corrected chi connectivity index (χ1v) is 7.16. The molecule has 0 aliphatic heterocycles. The molecule has 0 saturated heterocycles. The van der Waals surface area contributed by atoms with Crippen molar-refractivity contribution in [3.63, 3.8) is 0 Å². The van der Waals surface area contributed by atoms with Crippen LogP contribution in [0.4, 0.5) is 17.6 Å². The van der Waals surface area contributed by atoms with Crippen LogP contribution in [0, 0.1) is 5.92 Å². The van der Waals surface area contributed by atoms with Crippen molar-refractivity contribution in [2.24, 2.45) is 5.92 Å². The third kappa shape index (κ3) is 4.84. The van der Waals surface area contributed by atoms with Crippen molar-refractivity contribution in [2.75, 3.05) is 6.54 Å². The number of amides is 2. The molecule has 0 aromatic rings. The van der Waals surface area contributed by atoms with Gasteiger partial charge in [-0.1, -0.05) is 20.3 Å². The zero-order valence-corrected chi connectivity index (χ0v) is 13.5. The Morgan fingerprint density at radius 3 is 2.09 bits per heavy atom. The molecule has 0 radical (unpaired) electrons. The van der Waals surface area contributed by atoms with Crippen LogP contribution in [0.3, 0.4) is 0 Å². The molecule has 0 fully saturated rings. The first-order chi connectivity index (χ1) is 9.90. The summed E-state index contributed by atoms with van der Waals surface area (Å²) in [6, 6.07) is -1.49. The summed E-state index contributed by atoms with van der Waals surface area (Å²) in [5.41, 5.74) is 0. The topological polar surface area (TPSA) is 49.4 Å². The lowest BCUT2D eigenvalue weighted by Crippen LogP contribution is -2.59. The molecule has 0 bridgehead atoms. The lowest BCUT2D eigenvalue weighted by molar-refractivity contribution is -0.213. The molecule has 0 spiro atoms. The van der Waals surface area contributed by atoms with Gasteiger partial charge in [-0.25, -0.2) is 0 Å². The number of hydrogen-bond donors (Lipinski definition) is 1. The molecule has 2 unspecified atom stereocenters. The zero-order chi connectivity index (χ0) is 17.7. The molecule has 0 aliphatic rings. The van der Waals surface area contributed by atoms with Gasteiger partial charge in [0.2, 0.25) is 6.41 Å². The average molecular weight is 328 g/mol. The Bertz CT molecular complexity index is 386. The number of carbonyl (C=O) groups is 2. The highest BCUT2D eigenvalue weighted by Crippen LogP contribution is 2.36. The van der Waals surface area contributed by atoms with Crippen molar-refractivity contribution in [3.8, 4) is 0 Å². The maximum atomic E-state index is 13.7. The van der Waals surface area contributed by atoms with E-state index in [1.807, 2.05) is 0 Å². The number of nitrogens with one attached hydrogen (secondary N) is 1. The van der Waals surface area contributed by atoms with E-state index in [0.717, 1.165) is 4.90 Å². The van der Waals surface area contributed by atoms with Crippen LogP contribution in [-0.2, 0) is 9.59 Å². The van der Waals surface area contributed by atoms with E-state index in [4.69, 9.17) is 0 Å². The Morgan fingerprint density at radius 1 is 1.23 bits per heavy atom. The van der Waals surface area contributed by atoms with Gasteiger partial charge >= 0.3 is 11.8 Å². The minimum absolute atomic E-state index is 0.0180. The highest BCUT2D eigenvalue weighted by atomic mass is 19.3. The van der Waals surface area contributed by atoms with Crippen LogP contribution in [0.2, 0.25) is 0 Å². The first-order valence-electron chi connectivity index (χ1n) is 7.16. The molecule has 130 valence electrons. The lowest BCUT2D eigenvalue weighted by atomic mass is 10.0. The van der Waals surface area contributed by atoms with E-state index in [1.165, 1.54) is 13.8 Å². The van der Waals surface area contributed by atoms with Crippen molar-refractivity contribution >= 4 is 12.3 Å². The average Bonchev–Trinajstić information content (AvgIpc) is 2.41. The predicted octanol–water partition coefficient (Wildman–Crippen LogP) is 2.67. The van der Waals surface area contributed by atoms with Crippen LogP contribution >= 0.6 is 0 Å². The summed E-state index contributed by atoms with van der Waals surface area (Å²) in [6.07, 6.45) is 0.972. The summed E-state index contributed by atoms with van der Waals surface area (Å²) in [4.78, 5) is 23.2. The molecule has 0 aromatic heterocycles. The summed E-state index contributed by atoms with van der Waals surface area (Å²) >= 11 is 0. The summed E-state index contributed by atoms with van der Waals surface area (Å²) < 4.78 is 53.6. The molecule has 8 heteroatoms. The number of rotatable bonds is 9. The van der Waals surface area contributed by atoms with E-state index in [-0.39, 0.29) is 19.4 Å². The SMILES string of the molecule is CCC(C)CN(C(=O)C(F)(F)C(C)(F)F)C(C)[C@H](C)NC=O.